The number of nitrogens with zero attached hydrogens (tertiary/aromatic N) is 9. The van der Waals surface area contributed by atoms with Crippen molar-refractivity contribution in [3.8, 4) is 169 Å². The summed E-state index contributed by atoms with van der Waals surface area (Å²) in [6.07, 6.45) is 0. The maximum absolute atomic E-state index is 6.25. The van der Waals surface area contributed by atoms with E-state index in [1.54, 1.807) is 34.0 Å². The molecule has 0 atom stereocenters. The molecule has 0 aliphatic heterocycles. The van der Waals surface area contributed by atoms with Gasteiger partial charge in [-0.3, -0.25) is 0 Å². The summed E-state index contributed by atoms with van der Waals surface area (Å²) in [7, 11) is 0. The highest BCUT2D eigenvalue weighted by Gasteiger charge is 2.26. The van der Waals surface area contributed by atoms with Gasteiger partial charge in [-0.2, -0.15) is 0 Å². The molecule has 138 heavy (non-hydrogen) atoms. The average molecular weight is 1820 g/mol. The molecule has 0 fully saturated rings. The third kappa shape index (κ3) is 15.8. The second-order valence-corrected chi connectivity index (χ2v) is 36.8. The Balaban J connectivity index is 0.000000111. The maximum atomic E-state index is 6.25. The number of oxazole rings is 3. The van der Waals surface area contributed by atoms with Gasteiger partial charge in [0.2, 0.25) is 17.7 Å². The molecule has 0 spiro atoms. The molecule has 12 nitrogen and oxygen atoms in total. The average Bonchev–Trinajstić information content (AvgIpc) is 1.60. The number of rotatable bonds is 15. The van der Waals surface area contributed by atoms with E-state index in [9.17, 15) is 0 Å². The van der Waals surface area contributed by atoms with Gasteiger partial charge in [-0.1, -0.05) is 358 Å². The van der Waals surface area contributed by atoms with E-state index in [4.69, 9.17) is 58.1 Å². The molecule has 9 heterocycles. The summed E-state index contributed by atoms with van der Waals surface area (Å²) in [5, 5.41) is 6.92. The Hall–Kier alpha value is -17.7. The molecule has 0 amide bonds. The molecule has 15 heteroatoms. The molecule has 27 aromatic rings. The van der Waals surface area contributed by atoms with Crippen molar-refractivity contribution in [1.29, 1.82) is 0 Å². The maximum Gasteiger partial charge on any atom is 0.228 e. The molecule has 0 N–H and O–H groups in total. The molecular weight excluding hydrogens is 1750 g/mol. The smallest absolute Gasteiger partial charge is 0.228 e. The topological polar surface area (TPSA) is 155 Å². The van der Waals surface area contributed by atoms with E-state index in [2.05, 4.69) is 309 Å². The van der Waals surface area contributed by atoms with Crippen LogP contribution in [-0.2, 0) is 0 Å². The first-order valence-electron chi connectivity index (χ1n) is 45.6. The highest BCUT2D eigenvalue weighted by Crippen LogP contribution is 2.50. The third-order valence-corrected chi connectivity index (χ3v) is 28.7. The van der Waals surface area contributed by atoms with E-state index in [0.717, 1.165) is 180 Å². The summed E-state index contributed by atoms with van der Waals surface area (Å²) in [5.41, 5.74) is 29.5. The van der Waals surface area contributed by atoms with Crippen molar-refractivity contribution in [3.05, 3.63) is 455 Å². The Bertz CT molecular complexity index is 9110. The van der Waals surface area contributed by atoms with Crippen LogP contribution in [0, 0.1) is 0 Å². The van der Waals surface area contributed by atoms with Crippen LogP contribution in [0.15, 0.2) is 468 Å². The summed E-state index contributed by atoms with van der Waals surface area (Å²) < 4.78 is 25.6. The molecule has 0 saturated carbocycles. The summed E-state index contributed by atoms with van der Waals surface area (Å²) in [6, 6.07) is 156. The SMILES string of the molecule is c1ccc(-c2cc(-c3cccc4sc5c(-c6nc7ccccc7o6)cccc5c34)nc(-c3ccccc3)n2)cc1.c1ccc(-c2ccc(-c3cc(-c4cccc(-c5ccccc5)c4)nc(-c4cccc5sc6c(-c7nc8ccccc8o7)cccc6c45)n3)cc2)cc1.c1ccc(-c2ccc(-c3cc(-c4cccc5sc6c(-c7nc8ccccc8o7)cccc6c45)nc(-c4ccccc4)n3)cc2)cc1. The zero-order valence-corrected chi connectivity index (χ0v) is 76.2. The number of aromatic nitrogens is 9. The lowest BCUT2D eigenvalue weighted by Gasteiger charge is -2.12. The normalized spacial score (nSPS) is 11.5. The Kier molecular flexibility index (Phi) is 21.2. The lowest BCUT2D eigenvalue weighted by molar-refractivity contribution is 0.620. The number of thiophene rings is 3. The Morgan fingerprint density at radius 1 is 0.159 bits per heavy atom. The Labute approximate surface area is 804 Å². The highest BCUT2D eigenvalue weighted by molar-refractivity contribution is 7.27. The highest BCUT2D eigenvalue weighted by atomic mass is 32.1. The van der Waals surface area contributed by atoms with Crippen LogP contribution in [-0.4, -0.2) is 44.9 Å². The van der Waals surface area contributed by atoms with Crippen molar-refractivity contribution in [3.63, 3.8) is 0 Å². The summed E-state index contributed by atoms with van der Waals surface area (Å²) >= 11 is 5.27. The van der Waals surface area contributed by atoms with E-state index in [1.807, 2.05) is 146 Å². The van der Waals surface area contributed by atoms with Gasteiger partial charge in [-0.15, -0.1) is 34.0 Å². The van der Waals surface area contributed by atoms with Gasteiger partial charge in [-0.05, 0) is 130 Å². The largest absolute Gasteiger partial charge is 0.436 e. The lowest BCUT2D eigenvalue weighted by atomic mass is 9.99. The van der Waals surface area contributed by atoms with Gasteiger partial charge in [0.25, 0.3) is 0 Å². The molecule has 0 radical (unpaired) electrons. The van der Waals surface area contributed by atoms with Crippen molar-refractivity contribution >= 4 is 128 Å². The van der Waals surface area contributed by atoms with Crippen molar-refractivity contribution in [2.24, 2.45) is 0 Å². The molecule has 0 saturated heterocycles. The lowest BCUT2D eigenvalue weighted by Crippen LogP contribution is -1.96. The van der Waals surface area contributed by atoms with Gasteiger partial charge < -0.3 is 13.3 Å². The number of para-hydroxylation sites is 6. The van der Waals surface area contributed by atoms with Crippen LogP contribution < -0.4 is 0 Å². The van der Waals surface area contributed by atoms with Crippen molar-refractivity contribution in [2.45, 2.75) is 0 Å². The van der Waals surface area contributed by atoms with Crippen molar-refractivity contribution in [2.75, 3.05) is 0 Å². The second-order valence-electron chi connectivity index (χ2n) is 33.7. The monoisotopic (exact) mass is 1820 g/mol. The molecular formula is C123H75N9O3S3. The fraction of sp³-hybridized carbons (Fsp3) is 0. The van der Waals surface area contributed by atoms with E-state index in [0.29, 0.717) is 35.1 Å². The number of benzene rings is 18. The second kappa shape index (κ2) is 35.7. The van der Waals surface area contributed by atoms with Crippen LogP contribution in [0.1, 0.15) is 0 Å². The van der Waals surface area contributed by atoms with E-state index in [1.165, 1.54) is 48.0 Å². The van der Waals surface area contributed by atoms with Crippen LogP contribution >= 0.6 is 34.0 Å². The summed E-state index contributed by atoms with van der Waals surface area (Å²) in [6.45, 7) is 0. The first-order valence-corrected chi connectivity index (χ1v) is 48.0. The molecule has 0 aliphatic carbocycles. The van der Waals surface area contributed by atoms with Gasteiger partial charge in [0.1, 0.15) is 16.6 Å². The molecule has 648 valence electrons. The number of hydrogen-bond donors (Lipinski definition) is 0. The van der Waals surface area contributed by atoms with Crippen LogP contribution in [0.3, 0.4) is 0 Å². The molecule has 9 aromatic heterocycles. The number of hydrogen-bond acceptors (Lipinski definition) is 15. The molecule has 18 aromatic carbocycles. The predicted molar refractivity (Wildman–Crippen MR) is 569 cm³/mol. The standard InChI is InChI=1S/C47H29N3OS.C41H25N3OS.C35H21N3OS/c1-3-12-30(13-4-1)32-24-26-33(27-25-32)40-29-41(35-17-9-16-34(28-35)31-14-5-2-6-15-31)49-46(48-40)37-19-11-23-43-44(37)36-18-10-20-38(45(36)52-43)47-50-39-21-7-8-22-42(39)51-47;1-3-11-26(12-4-1)27-21-23-28(24-22-27)34-25-35(43-40(42-34)29-13-5-2-6-14-29)30-15-10-20-37-38(30)31-16-9-17-32(39(31)46-37)41-44-33-18-7-8-19-36(33)45-41;1-3-11-22(12-4-1)28-21-29(37-34(36-28)23-13-5-2-6-14-23)24-15-10-20-31-32(24)25-16-9-17-26(33(25)40-31)35-38-27-18-7-8-19-30(27)39-35/h1-29H;1-25H;1-21H. The minimum atomic E-state index is 0.623. The van der Waals surface area contributed by atoms with Crippen LogP contribution in [0.4, 0.5) is 0 Å². The Morgan fingerprint density at radius 2 is 0.413 bits per heavy atom. The summed E-state index contributed by atoms with van der Waals surface area (Å²) in [4.78, 5) is 45.4. The minimum Gasteiger partial charge on any atom is -0.436 e. The first-order chi connectivity index (χ1) is 68.3. The van der Waals surface area contributed by atoms with Gasteiger partial charge in [-0.25, -0.2) is 44.9 Å². The molecule has 0 unspecified atom stereocenters. The van der Waals surface area contributed by atoms with E-state index < -0.39 is 0 Å². The van der Waals surface area contributed by atoms with Gasteiger partial charge in [0.15, 0.2) is 34.2 Å². The van der Waals surface area contributed by atoms with E-state index >= 15 is 0 Å². The zero-order chi connectivity index (χ0) is 91.4. The molecule has 0 aliphatic rings. The Morgan fingerprint density at radius 3 is 0.797 bits per heavy atom. The molecule has 27 rings (SSSR count). The predicted octanol–water partition coefficient (Wildman–Crippen LogP) is 34.0. The van der Waals surface area contributed by atoms with Crippen molar-refractivity contribution in [1.82, 2.24) is 44.9 Å². The quantitative estimate of drug-likeness (QED) is 0.0959. The fourth-order valence-corrected chi connectivity index (χ4v) is 22.1. The fourth-order valence-electron chi connectivity index (χ4n) is 18.4. The van der Waals surface area contributed by atoms with Gasteiger partial charge in [0.05, 0.1) is 50.9 Å². The van der Waals surface area contributed by atoms with E-state index in [-0.39, 0.29) is 0 Å². The summed E-state index contributed by atoms with van der Waals surface area (Å²) in [5.74, 6) is 3.99. The minimum absolute atomic E-state index is 0.623. The molecule has 0 bridgehead atoms. The number of fused-ring (bicyclic) bond motifs is 12. The third-order valence-electron chi connectivity index (χ3n) is 25.1. The van der Waals surface area contributed by atoms with Gasteiger partial charge in [0, 0.05) is 111 Å². The first kappa shape index (κ1) is 82.2. The van der Waals surface area contributed by atoms with Gasteiger partial charge >= 0.3 is 0 Å². The van der Waals surface area contributed by atoms with Crippen molar-refractivity contribution < 1.29 is 13.3 Å². The zero-order valence-electron chi connectivity index (χ0n) is 73.8. The van der Waals surface area contributed by atoms with Crippen LogP contribution in [0.2, 0.25) is 0 Å². The van der Waals surface area contributed by atoms with Crippen LogP contribution in [0.25, 0.3) is 263 Å². The van der Waals surface area contributed by atoms with Crippen LogP contribution in [0.5, 0.6) is 0 Å².